The lowest BCUT2D eigenvalue weighted by atomic mass is 10.1. The number of carbonyl (C=O) groups is 1. The molecule has 0 radical (unpaired) electrons. The van der Waals surface area contributed by atoms with Crippen LogP contribution in [0.25, 0.3) is 0 Å². The SMILES string of the molecule is COc1cc(/C=N\NC(=O)c2ccc(C#N)cc2F)cc(Cl)c1OCc1ccc(Cl)c(Cl)c1. The molecule has 0 aliphatic heterocycles. The van der Waals surface area contributed by atoms with Crippen LogP contribution in [0.2, 0.25) is 15.1 Å². The van der Waals surface area contributed by atoms with Gasteiger partial charge in [0.25, 0.3) is 5.91 Å². The highest BCUT2D eigenvalue weighted by Gasteiger charge is 2.14. The molecule has 3 rings (SSSR count). The number of ether oxygens (including phenoxy) is 2. The van der Waals surface area contributed by atoms with Crippen LogP contribution in [0.3, 0.4) is 0 Å². The molecule has 0 spiro atoms. The number of amides is 1. The van der Waals surface area contributed by atoms with Gasteiger partial charge in [0.05, 0.1) is 45.6 Å². The Labute approximate surface area is 204 Å². The van der Waals surface area contributed by atoms with Gasteiger partial charge in [0.2, 0.25) is 0 Å². The van der Waals surface area contributed by atoms with Crippen LogP contribution in [0.15, 0.2) is 53.6 Å². The lowest BCUT2D eigenvalue weighted by Gasteiger charge is -2.13. The number of rotatable bonds is 7. The molecule has 0 unspecified atom stereocenters. The van der Waals surface area contributed by atoms with Crippen LogP contribution >= 0.6 is 34.8 Å². The van der Waals surface area contributed by atoms with E-state index in [4.69, 9.17) is 49.5 Å². The summed E-state index contributed by atoms with van der Waals surface area (Å²) in [5, 5.41) is 13.7. The first-order valence-corrected chi connectivity index (χ1v) is 10.4. The Morgan fingerprint density at radius 3 is 2.58 bits per heavy atom. The van der Waals surface area contributed by atoms with Crippen molar-refractivity contribution in [3.8, 4) is 17.6 Å². The Morgan fingerprint density at radius 1 is 1.12 bits per heavy atom. The Bertz CT molecular complexity index is 1280. The minimum Gasteiger partial charge on any atom is -0.493 e. The third-order valence-corrected chi connectivity index (χ3v) is 5.36. The van der Waals surface area contributed by atoms with Crippen LogP contribution in [0.1, 0.15) is 27.0 Å². The maximum Gasteiger partial charge on any atom is 0.274 e. The molecule has 0 aliphatic carbocycles. The summed E-state index contributed by atoms with van der Waals surface area (Å²) >= 11 is 18.3. The van der Waals surface area contributed by atoms with Gasteiger partial charge in [-0.15, -0.1) is 0 Å². The molecule has 3 aromatic rings. The average molecular weight is 507 g/mol. The summed E-state index contributed by atoms with van der Waals surface area (Å²) in [6, 6.07) is 13.6. The first-order chi connectivity index (χ1) is 15.8. The van der Waals surface area contributed by atoms with Crippen LogP contribution in [0.5, 0.6) is 11.5 Å². The van der Waals surface area contributed by atoms with E-state index < -0.39 is 11.7 Å². The molecule has 10 heteroatoms. The maximum atomic E-state index is 13.9. The average Bonchev–Trinajstić information content (AvgIpc) is 2.80. The molecule has 1 amide bonds. The first-order valence-electron chi connectivity index (χ1n) is 9.29. The number of hydrogen-bond acceptors (Lipinski definition) is 5. The number of methoxy groups -OCH3 is 1. The van der Waals surface area contributed by atoms with Crippen molar-refractivity contribution in [3.63, 3.8) is 0 Å². The zero-order chi connectivity index (χ0) is 24.0. The molecule has 0 bridgehead atoms. The van der Waals surface area contributed by atoms with Crippen LogP contribution < -0.4 is 14.9 Å². The number of benzene rings is 3. The van der Waals surface area contributed by atoms with E-state index in [9.17, 15) is 9.18 Å². The summed E-state index contributed by atoms with van der Waals surface area (Å²) in [6.07, 6.45) is 1.32. The van der Waals surface area contributed by atoms with E-state index in [0.717, 1.165) is 11.6 Å². The van der Waals surface area contributed by atoms with Gasteiger partial charge in [-0.05, 0) is 53.6 Å². The zero-order valence-corrected chi connectivity index (χ0v) is 19.3. The number of hydrazone groups is 1. The Morgan fingerprint density at radius 2 is 1.91 bits per heavy atom. The normalized spacial score (nSPS) is 10.7. The van der Waals surface area contributed by atoms with E-state index in [0.29, 0.717) is 27.1 Å². The predicted octanol–water partition coefficient (Wildman–Crippen LogP) is 6.01. The van der Waals surface area contributed by atoms with E-state index in [1.807, 2.05) is 0 Å². The fourth-order valence-corrected chi connectivity index (χ4v) is 3.33. The molecule has 0 aromatic heterocycles. The standard InChI is InChI=1S/C23H15Cl3FN3O3/c1-32-21-9-15(11-29-30-23(31)16-4-2-13(10-28)8-20(16)27)7-19(26)22(21)33-12-14-3-5-17(24)18(25)6-14/h2-9,11H,12H2,1H3,(H,30,31)/b29-11-. The van der Waals surface area contributed by atoms with E-state index >= 15 is 0 Å². The van der Waals surface area contributed by atoms with E-state index in [1.54, 1.807) is 36.4 Å². The predicted molar refractivity (Wildman–Crippen MR) is 125 cm³/mol. The fourth-order valence-electron chi connectivity index (χ4n) is 2.73. The maximum absolute atomic E-state index is 13.9. The summed E-state index contributed by atoms with van der Waals surface area (Å²) in [6.45, 7) is 0.173. The number of nitrogens with one attached hydrogen (secondary N) is 1. The van der Waals surface area contributed by atoms with Gasteiger partial charge < -0.3 is 9.47 Å². The van der Waals surface area contributed by atoms with Crippen molar-refractivity contribution in [1.82, 2.24) is 5.43 Å². The summed E-state index contributed by atoms with van der Waals surface area (Å²) in [7, 11) is 1.45. The third-order valence-electron chi connectivity index (χ3n) is 4.34. The van der Waals surface area contributed by atoms with Crippen LogP contribution in [0.4, 0.5) is 4.39 Å². The van der Waals surface area contributed by atoms with Gasteiger partial charge in [-0.1, -0.05) is 40.9 Å². The molecular weight excluding hydrogens is 492 g/mol. The van der Waals surface area contributed by atoms with Crippen molar-refractivity contribution in [1.29, 1.82) is 5.26 Å². The molecule has 0 aliphatic rings. The van der Waals surface area contributed by atoms with Crippen molar-refractivity contribution in [3.05, 3.63) is 91.7 Å². The highest BCUT2D eigenvalue weighted by Crippen LogP contribution is 2.37. The summed E-state index contributed by atoms with van der Waals surface area (Å²) in [4.78, 5) is 12.1. The number of nitriles is 1. The number of halogens is 4. The summed E-state index contributed by atoms with van der Waals surface area (Å²) in [5.41, 5.74) is 3.37. The van der Waals surface area contributed by atoms with Crippen molar-refractivity contribution in [2.45, 2.75) is 6.61 Å². The Balaban J connectivity index is 1.71. The number of nitrogens with zero attached hydrogens (tertiary/aromatic N) is 2. The molecule has 0 heterocycles. The van der Waals surface area contributed by atoms with Gasteiger partial charge in [0, 0.05) is 0 Å². The smallest absolute Gasteiger partial charge is 0.274 e. The highest BCUT2D eigenvalue weighted by molar-refractivity contribution is 6.42. The van der Waals surface area contributed by atoms with Crippen LogP contribution in [0, 0.1) is 17.1 Å². The monoisotopic (exact) mass is 505 g/mol. The molecule has 1 N–H and O–H groups in total. The molecule has 0 atom stereocenters. The Kier molecular flexibility index (Phi) is 8.12. The minimum atomic E-state index is -0.824. The minimum absolute atomic E-state index is 0.107. The van der Waals surface area contributed by atoms with Crippen molar-refractivity contribution >= 4 is 46.9 Å². The molecule has 0 fully saturated rings. The molecule has 0 saturated heterocycles. The topological polar surface area (TPSA) is 83.7 Å². The quantitative estimate of drug-likeness (QED) is 0.314. The van der Waals surface area contributed by atoms with Gasteiger partial charge in [-0.2, -0.15) is 10.4 Å². The van der Waals surface area contributed by atoms with Gasteiger partial charge in [0.15, 0.2) is 11.5 Å². The zero-order valence-electron chi connectivity index (χ0n) is 17.0. The van der Waals surface area contributed by atoms with Crippen LogP contribution in [-0.4, -0.2) is 19.2 Å². The second-order valence-electron chi connectivity index (χ2n) is 6.58. The van der Waals surface area contributed by atoms with Gasteiger partial charge in [-0.3, -0.25) is 4.79 Å². The van der Waals surface area contributed by atoms with Crippen molar-refractivity contribution in [2.75, 3.05) is 7.11 Å². The second-order valence-corrected chi connectivity index (χ2v) is 7.80. The Hall–Kier alpha value is -3.31. The van der Waals surface area contributed by atoms with Crippen molar-refractivity contribution in [2.24, 2.45) is 5.10 Å². The molecule has 6 nitrogen and oxygen atoms in total. The molecule has 33 heavy (non-hydrogen) atoms. The van der Waals surface area contributed by atoms with E-state index in [2.05, 4.69) is 10.5 Å². The van der Waals surface area contributed by atoms with Gasteiger partial charge >= 0.3 is 0 Å². The van der Waals surface area contributed by atoms with Crippen molar-refractivity contribution < 1.29 is 18.7 Å². The lowest BCUT2D eigenvalue weighted by molar-refractivity contribution is 0.0951. The second kappa shape index (κ2) is 11.0. The lowest BCUT2D eigenvalue weighted by Crippen LogP contribution is -2.19. The molecule has 3 aromatic carbocycles. The summed E-state index contributed by atoms with van der Waals surface area (Å²) < 4.78 is 25.1. The molecule has 0 saturated carbocycles. The van der Waals surface area contributed by atoms with Gasteiger partial charge in [-0.25, -0.2) is 9.82 Å². The number of carbonyl (C=O) groups excluding carboxylic acids is 1. The largest absolute Gasteiger partial charge is 0.493 e. The van der Waals surface area contributed by atoms with E-state index in [-0.39, 0.29) is 22.8 Å². The highest BCUT2D eigenvalue weighted by atomic mass is 35.5. The number of hydrogen-bond donors (Lipinski definition) is 1. The van der Waals surface area contributed by atoms with Gasteiger partial charge in [0.1, 0.15) is 12.4 Å². The first kappa shape index (κ1) is 24.3. The molecular formula is C23H15Cl3FN3O3. The third kappa shape index (κ3) is 6.14. The summed E-state index contributed by atoms with van der Waals surface area (Å²) in [5.74, 6) is -0.942. The fraction of sp³-hybridized carbons (Fsp3) is 0.0870. The molecule has 168 valence electrons. The van der Waals surface area contributed by atoms with Crippen LogP contribution in [-0.2, 0) is 6.61 Å². The van der Waals surface area contributed by atoms with E-state index in [1.165, 1.54) is 25.5 Å².